The molecule has 1 unspecified atom stereocenters. The zero-order valence-corrected chi connectivity index (χ0v) is 13.2. The number of halogens is 1. The lowest BCUT2D eigenvalue weighted by molar-refractivity contribution is -0.0461. The van der Waals surface area contributed by atoms with Gasteiger partial charge in [0, 0.05) is 19.1 Å². The summed E-state index contributed by atoms with van der Waals surface area (Å²) < 4.78 is 7.89. The van der Waals surface area contributed by atoms with Crippen molar-refractivity contribution in [2.45, 2.75) is 39.5 Å². The van der Waals surface area contributed by atoms with E-state index in [9.17, 15) is 4.79 Å². The van der Waals surface area contributed by atoms with E-state index in [0.29, 0.717) is 17.1 Å². The molecule has 1 atom stereocenters. The second kappa shape index (κ2) is 6.15. The molecule has 19 heavy (non-hydrogen) atoms. The average molecular weight is 330 g/mol. The zero-order valence-electron chi connectivity index (χ0n) is 11.6. The van der Waals surface area contributed by atoms with Gasteiger partial charge in [-0.05, 0) is 36.7 Å². The van der Waals surface area contributed by atoms with Crippen LogP contribution in [0.1, 0.15) is 19.5 Å². The lowest BCUT2D eigenvalue weighted by Gasteiger charge is -2.35. The molecule has 0 aliphatic carbocycles. The molecule has 1 aromatic rings. The van der Waals surface area contributed by atoms with Gasteiger partial charge in [0.2, 0.25) is 0 Å². The molecule has 106 valence electrons. The molecule has 2 rings (SSSR count). The topological polar surface area (TPSA) is 47.4 Å². The van der Waals surface area contributed by atoms with Gasteiger partial charge in [0.1, 0.15) is 4.47 Å². The molecule has 5 nitrogen and oxygen atoms in total. The smallest absolute Gasteiger partial charge is 0.267 e. The largest absolute Gasteiger partial charge is 0.374 e. The number of aromatic nitrogens is 2. The molecule has 1 aliphatic heterocycles. The SMILES string of the molecule is Cc1ncn(CC2CN(C(C)C)CCO2)c(=O)c1Br. The van der Waals surface area contributed by atoms with E-state index in [1.165, 1.54) is 0 Å². The third-order valence-electron chi connectivity index (χ3n) is 3.46. The van der Waals surface area contributed by atoms with Crippen LogP contribution in [0.3, 0.4) is 0 Å². The second-order valence-corrected chi connectivity index (χ2v) is 5.98. The fraction of sp³-hybridized carbons (Fsp3) is 0.692. The Bertz CT molecular complexity index is 501. The third kappa shape index (κ3) is 3.43. The summed E-state index contributed by atoms with van der Waals surface area (Å²) in [5, 5.41) is 0. The van der Waals surface area contributed by atoms with Crippen molar-refractivity contribution >= 4 is 15.9 Å². The Morgan fingerprint density at radius 3 is 3.00 bits per heavy atom. The molecule has 0 N–H and O–H groups in total. The number of ether oxygens (including phenoxy) is 1. The van der Waals surface area contributed by atoms with Crippen molar-refractivity contribution in [2.24, 2.45) is 0 Å². The second-order valence-electron chi connectivity index (χ2n) is 5.18. The van der Waals surface area contributed by atoms with E-state index in [2.05, 4.69) is 39.7 Å². The quantitative estimate of drug-likeness (QED) is 0.841. The van der Waals surface area contributed by atoms with Crippen LogP contribution in [0.15, 0.2) is 15.6 Å². The number of hydrogen-bond acceptors (Lipinski definition) is 4. The summed E-state index contributed by atoms with van der Waals surface area (Å²) in [7, 11) is 0. The minimum atomic E-state index is -0.0437. The molecule has 0 amide bonds. The summed E-state index contributed by atoms with van der Waals surface area (Å²) in [5.41, 5.74) is 0.674. The Kier molecular flexibility index (Phi) is 4.76. The number of hydrogen-bond donors (Lipinski definition) is 0. The molecule has 1 saturated heterocycles. The summed E-state index contributed by atoms with van der Waals surface area (Å²) in [6, 6.07) is 0.506. The van der Waals surface area contributed by atoms with Crippen LogP contribution in [0.4, 0.5) is 0 Å². The summed E-state index contributed by atoms with van der Waals surface area (Å²) in [5.74, 6) is 0. The van der Waals surface area contributed by atoms with Crippen molar-refractivity contribution in [3.8, 4) is 0 Å². The highest BCUT2D eigenvalue weighted by Crippen LogP contribution is 2.11. The molecule has 0 aromatic carbocycles. The van der Waals surface area contributed by atoms with E-state index in [0.717, 1.165) is 25.4 Å². The highest BCUT2D eigenvalue weighted by atomic mass is 79.9. The van der Waals surface area contributed by atoms with E-state index in [4.69, 9.17) is 4.74 Å². The zero-order chi connectivity index (χ0) is 14.0. The number of nitrogens with zero attached hydrogens (tertiary/aromatic N) is 3. The molecule has 6 heteroatoms. The summed E-state index contributed by atoms with van der Waals surface area (Å²) in [6.45, 7) is 9.26. The fourth-order valence-electron chi connectivity index (χ4n) is 2.22. The van der Waals surface area contributed by atoms with Gasteiger partial charge in [-0.25, -0.2) is 4.98 Å². The Morgan fingerprint density at radius 1 is 1.58 bits per heavy atom. The first-order chi connectivity index (χ1) is 8.99. The predicted molar refractivity (Wildman–Crippen MR) is 77.4 cm³/mol. The van der Waals surface area contributed by atoms with Crippen molar-refractivity contribution in [3.05, 3.63) is 26.8 Å². The minimum absolute atomic E-state index is 0.0437. The third-order valence-corrected chi connectivity index (χ3v) is 4.37. The molecule has 1 fully saturated rings. The van der Waals surface area contributed by atoms with Crippen molar-refractivity contribution in [3.63, 3.8) is 0 Å². The molecule has 1 aromatic heterocycles. The van der Waals surface area contributed by atoms with Crippen molar-refractivity contribution in [2.75, 3.05) is 19.7 Å². The Balaban J connectivity index is 2.09. The lowest BCUT2D eigenvalue weighted by atomic mass is 10.2. The minimum Gasteiger partial charge on any atom is -0.374 e. The van der Waals surface area contributed by atoms with Gasteiger partial charge in [0.15, 0.2) is 0 Å². The Morgan fingerprint density at radius 2 is 2.32 bits per heavy atom. The first kappa shape index (κ1) is 14.7. The van der Waals surface area contributed by atoms with Crippen LogP contribution in [-0.4, -0.2) is 46.3 Å². The van der Waals surface area contributed by atoms with Crippen molar-refractivity contribution in [1.82, 2.24) is 14.5 Å². The average Bonchev–Trinajstić information content (AvgIpc) is 2.40. The van der Waals surface area contributed by atoms with Gasteiger partial charge in [0.05, 0.1) is 31.3 Å². The molecule has 1 aliphatic rings. The van der Waals surface area contributed by atoms with E-state index in [1.54, 1.807) is 10.9 Å². The standard InChI is InChI=1S/C13H20BrN3O2/c1-9(2)16-4-5-19-11(6-16)7-17-8-15-10(3)12(14)13(17)18/h8-9,11H,4-7H2,1-3H3. The predicted octanol–water partition coefficient (Wildman–Crippen LogP) is 1.42. The van der Waals surface area contributed by atoms with Gasteiger partial charge in [-0.1, -0.05) is 0 Å². The van der Waals surface area contributed by atoms with Gasteiger partial charge in [0.25, 0.3) is 5.56 Å². The lowest BCUT2D eigenvalue weighted by Crippen LogP contribution is -2.47. The molecular formula is C13H20BrN3O2. The van der Waals surface area contributed by atoms with Crippen LogP contribution >= 0.6 is 15.9 Å². The number of morpholine rings is 1. The van der Waals surface area contributed by atoms with Gasteiger partial charge in [-0.3, -0.25) is 14.3 Å². The van der Waals surface area contributed by atoms with Crippen LogP contribution in [0.25, 0.3) is 0 Å². The molecule has 0 bridgehead atoms. The van der Waals surface area contributed by atoms with E-state index >= 15 is 0 Å². The van der Waals surface area contributed by atoms with E-state index < -0.39 is 0 Å². The number of rotatable bonds is 3. The molecule has 0 radical (unpaired) electrons. The summed E-state index contributed by atoms with van der Waals surface area (Å²) in [4.78, 5) is 18.7. The molecule has 0 spiro atoms. The maximum atomic E-state index is 12.1. The van der Waals surface area contributed by atoms with Crippen LogP contribution in [-0.2, 0) is 11.3 Å². The normalized spacial score (nSPS) is 21.0. The summed E-state index contributed by atoms with van der Waals surface area (Å²) in [6.07, 6.45) is 1.64. The Hall–Kier alpha value is -0.720. The summed E-state index contributed by atoms with van der Waals surface area (Å²) >= 11 is 3.28. The maximum absolute atomic E-state index is 12.1. The first-order valence-corrected chi connectivity index (χ1v) is 7.35. The van der Waals surface area contributed by atoms with E-state index in [1.807, 2.05) is 6.92 Å². The van der Waals surface area contributed by atoms with Gasteiger partial charge >= 0.3 is 0 Å². The van der Waals surface area contributed by atoms with Crippen molar-refractivity contribution in [1.29, 1.82) is 0 Å². The van der Waals surface area contributed by atoms with Crippen LogP contribution in [0.2, 0.25) is 0 Å². The maximum Gasteiger partial charge on any atom is 0.267 e. The fourth-order valence-corrected chi connectivity index (χ4v) is 2.55. The van der Waals surface area contributed by atoms with Gasteiger partial charge in [-0.2, -0.15) is 0 Å². The monoisotopic (exact) mass is 329 g/mol. The van der Waals surface area contributed by atoms with Crippen LogP contribution < -0.4 is 5.56 Å². The van der Waals surface area contributed by atoms with Crippen molar-refractivity contribution < 1.29 is 4.74 Å². The van der Waals surface area contributed by atoms with Gasteiger partial charge < -0.3 is 4.74 Å². The van der Waals surface area contributed by atoms with E-state index in [-0.39, 0.29) is 11.7 Å². The molecule has 2 heterocycles. The highest BCUT2D eigenvalue weighted by Gasteiger charge is 2.23. The molecule has 0 saturated carbocycles. The van der Waals surface area contributed by atoms with Gasteiger partial charge in [-0.15, -0.1) is 0 Å². The highest BCUT2D eigenvalue weighted by molar-refractivity contribution is 9.10. The number of aryl methyl sites for hydroxylation is 1. The molecular weight excluding hydrogens is 310 g/mol. The Labute approximate surface area is 121 Å². The van der Waals surface area contributed by atoms with Crippen LogP contribution in [0.5, 0.6) is 0 Å². The first-order valence-electron chi connectivity index (χ1n) is 6.56. The van der Waals surface area contributed by atoms with Crippen LogP contribution in [0, 0.1) is 6.92 Å².